The number of ketones is 1. The van der Waals surface area contributed by atoms with Gasteiger partial charge in [0.2, 0.25) is 0 Å². The summed E-state index contributed by atoms with van der Waals surface area (Å²) >= 11 is 0. The molecule has 5 aromatic rings. The second-order valence-electron chi connectivity index (χ2n) is 9.45. The van der Waals surface area contributed by atoms with E-state index in [1.807, 2.05) is 60.7 Å². The van der Waals surface area contributed by atoms with Crippen LogP contribution in [-0.2, 0) is 40.7 Å². The zero-order valence-corrected chi connectivity index (χ0v) is 23.8. The molecule has 4 aromatic carbocycles. The van der Waals surface area contributed by atoms with E-state index in [2.05, 4.69) is 4.74 Å². The number of carbonyl (C=O) groups excluding carboxylic acids is 2. The average Bonchev–Trinajstić information content (AvgIpc) is 3.44. The molecule has 1 N–H and O–H groups in total. The third kappa shape index (κ3) is 6.41. The molecule has 0 aliphatic carbocycles. The van der Waals surface area contributed by atoms with Crippen LogP contribution in [0.15, 0.2) is 126 Å². The van der Waals surface area contributed by atoms with Gasteiger partial charge in [-0.15, -0.1) is 0 Å². The van der Waals surface area contributed by atoms with E-state index < -0.39 is 33.6 Å². The van der Waals surface area contributed by atoms with Gasteiger partial charge in [-0.2, -0.15) is 0 Å². The SMILES string of the molecule is COC(=O)C(=O)/C=C(\O)c1cn(S(=O)(=O)c2ccccc2)c2ccc(COOC(c3ccccc3)c3ccccc3)cc12. The third-order valence-corrected chi connectivity index (χ3v) is 8.35. The Hall–Kier alpha value is -5.03. The number of hydrogen-bond acceptors (Lipinski definition) is 8. The highest BCUT2D eigenvalue weighted by molar-refractivity contribution is 7.90. The molecule has 218 valence electrons. The molecule has 0 saturated carbocycles. The molecule has 0 radical (unpaired) electrons. The normalized spacial score (nSPS) is 12.0. The molecule has 43 heavy (non-hydrogen) atoms. The molecule has 1 aromatic heterocycles. The van der Waals surface area contributed by atoms with Crippen LogP contribution in [-0.4, -0.2) is 36.4 Å². The fourth-order valence-corrected chi connectivity index (χ4v) is 5.93. The first-order valence-corrected chi connectivity index (χ1v) is 14.6. The predicted octanol–water partition coefficient (Wildman–Crippen LogP) is 5.76. The van der Waals surface area contributed by atoms with E-state index in [1.54, 1.807) is 36.4 Å². The molecule has 0 spiro atoms. The Morgan fingerprint density at radius 3 is 2.02 bits per heavy atom. The Kier molecular flexibility index (Phi) is 8.82. The smallest absolute Gasteiger partial charge is 0.378 e. The van der Waals surface area contributed by atoms with Gasteiger partial charge in [0.15, 0.2) is 0 Å². The first kappa shape index (κ1) is 29.5. The molecule has 10 heteroatoms. The van der Waals surface area contributed by atoms with Gasteiger partial charge in [-0.25, -0.2) is 27.0 Å². The summed E-state index contributed by atoms with van der Waals surface area (Å²) in [6.07, 6.45) is 1.39. The molecule has 1 heterocycles. The van der Waals surface area contributed by atoms with Gasteiger partial charge in [0.25, 0.3) is 15.8 Å². The monoisotopic (exact) mass is 597 g/mol. The Morgan fingerprint density at radius 2 is 1.44 bits per heavy atom. The molecule has 0 aliphatic rings. The summed E-state index contributed by atoms with van der Waals surface area (Å²) in [7, 11) is -3.04. The number of aliphatic hydroxyl groups excluding tert-OH is 1. The van der Waals surface area contributed by atoms with Crippen molar-refractivity contribution in [3.8, 4) is 0 Å². The van der Waals surface area contributed by atoms with Gasteiger partial charge in [-0.3, -0.25) is 4.79 Å². The minimum absolute atomic E-state index is 0.0148. The average molecular weight is 598 g/mol. The lowest BCUT2D eigenvalue weighted by Crippen LogP contribution is -2.13. The number of ether oxygens (including phenoxy) is 1. The maximum absolute atomic E-state index is 13.5. The molecular weight excluding hydrogens is 570 g/mol. The van der Waals surface area contributed by atoms with E-state index in [9.17, 15) is 23.1 Å². The minimum Gasteiger partial charge on any atom is -0.507 e. The number of fused-ring (bicyclic) bond motifs is 1. The molecule has 9 nitrogen and oxygen atoms in total. The second-order valence-corrected chi connectivity index (χ2v) is 11.3. The van der Waals surface area contributed by atoms with Gasteiger partial charge < -0.3 is 9.84 Å². The van der Waals surface area contributed by atoms with Crippen molar-refractivity contribution >= 4 is 38.4 Å². The molecular formula is C33H27NO8S. The van der Waals surface area contributed by atoms with Crippen molar-refractivity contribution in [2.45, 2.75) is 17.6 Å². The first-order valence-electron chi connectivity index (χ1n) is 13.2. The number of aromatic nitrogens is 1. The summed E-state index contributed by atoms with van der Waals surface area (Å²) in [6, 6.07) is 31.8. The van der Waals surface area contributed by atoms with Crippen LogP contribution in [0.5, 0.6) is 0 Å². The fourth-order valence-electron chi connectivity index (χ4n) is 4.54. The van der Waals surface area contributed by atoms with E-state index in [0.717, 1.165) is 22.2 Å². The summed E-state index contributed by atoms with van der Waals surface area (Å²) in [5.74, 6) is -2.89. The zero-order chi connectivity index (χ0) is 30.4. The number of methoxy groups -OCH3 is 1. The summed E-state index contributed by atoms with van der Waals surface area (Å²) in [6.45, 7) is -0.0201. The molecule has 5 rings (SSSR count). The van der Waals surface area contributed by atoms with Crippen LogP contribution in [0.3, 0.4) is 0 Å². The van der Waals surface area contributed by atoms with Gasteiger partial charge in [0.05, 0.1) is 17.5 Å². The molecule has 0 atom stereocenters. The van der Waals surface area contributed by atoms with E-state index in [1.165, 1.54) is 18.3 Å². The van der Waals surface area contributed by atoms with Crippen LogP contribution in [0.25, 0.3) is 16.7 Å². The van der Waals surface area contributed by atoms with E-state index in [0.29, 0.717) is 17.0 Å². The van der Waals surface area contributed by atoms with Crippen molar-refractivity contribution in [1.82, 2.24) is 3.97 Å². The van der Waals surface area contributed by atoms with Crippen LogP contribution in [0, 0.1) is 0 Å². The van der Waals surface area contributed by atoms with E-state index in [-0.39, 0.29) is 22.6 Å². The lowest BCUT2D eigenvalue weighted by molar-refractivity contribution is -0.327. The van der Waals surface area contributed by atoms with Crippen LogP contribution in [0.4, 0.5) is 0 Å². The van der Waals surface area contributed by atoms with Crippen molar-refractivity contribution in [2.24, 2.45) is 0 Å². The zero-order valence-electron chi connectivity index (χ0n) is 23.0. The second kappa shape index (κ2) is 12.9. The number of carbonyl (C=O) groups is 2. The summed E-state index contributed by atoms with van der Waals surface area (Å²) in [4.78, 5) is 35.4. The highest BCUT2D eigenvalue weighted by Crippen LogP contribution is 2.31. The maximum atomic E-state index is 13.5. The van der Waals surface area contributed by atoms with E-state index >= 15 is 0 Å². The standard InChI is InChI=1S/C33H27NO8S/c1-40-33(37)31(36)20-30(35)28-21-34(43(38,39)26-15-9-4-10-16-26)29-18-17-23(19-27(28)29)22-41-42-32(24-11-5-2-6-12-24)25-13-7-3-8-14-25/h2-21,32,35H,22H2,1H3/b30-20-. The Bertz CT molecular complexity index is 1840. The fraction of sp³-hybridized carbons (Fsp3) is 0.0909. The van der Waals surface area contributed by atoms with Crippen LogP contribution < -0.4 is 0 Å². The lowest BCUT2D eigenvalue weighted by Gasteiger charge is -2.17. The van der Waals surface area contributed by atoms with Gasteiger partial charge in [0, 0.05) is 23.2 Å². The Labute approximate surface area is 248 Å². The number of aliphatic hydroxyl groups is 1. The summed E-state index contributed by atoms with van der Waals surface area (Å²) in [5, 5.41) is 11.1. The van der Waals surface area contributed by atoms with Gasteiger partial charge in [-0.1, -0.05) is 84.9 Å². The van der Waals surface area contributed by atoms with Crippen molar-refractivity contribution in [3.63, 3.8) is 0 Å². The van der Waals surface area contributed by atoms with Gasteiger partial charge in [0.1, 0.15) is 18.5 Å². The number of rotatable bonds is 11. The number of esters is 1. The van der Waals surface area contributed by atoms with Crippen molar-refractivity contribution in [3.05, 3.63) is 144 Å². The molecule has 0 amide bonds. The predicted molar refractivity (Wildman–Crippen MR) is 159 cm³/mol. The first-order chi connectivity index (χ1) is 20.8. The lowest BCUT2D eigenvalue weighted by atomic mass is 10.0. The van der Waals surface area contributed by atoms with Crippen LogP contribution in [0.1, 0.15) is 28.4 Å². The number of benzene rings is 4. The Balaban J connectivity index is 1.50. The van der Waals surface area contributed by atoms with Gasteiger partial charge >= 0.3 is 5.97 Å². The Morgan fingerprint density at radius 1 is 0.860 bits per heavy atom. The number of hydrogen-bond donors (Lipinski definition) is 1. The van der Waals surface area contributed by atoms with Crippen molar-refractivity contribution < 1.29 is 37.6 Å². The molecule has 0 saturated heterocycles. The quantitative estimate of drug-likeness (QED) is 0.0510. The molecule has 0 unspecified atom stereocenters. The maximum Gasteiger partial charge on any atom is 0.378 e. The van der Waals surface area contributed by atoms with Gasteiger partial charge in [-0.05, 0) is 41.0 Å². The third-order valence-electron chi connectivity index (χ3n) is 6.66. The highest BCUT2D eigenvalue weighted by atomic mass is 32.2. The molecule has 0 bridgehead atoms. The topological polar surface area (TPSA) is 121 Å². The largest absolute Gasteiger partial charge is 0.507 e. The van der Waals surface area contributed by atoms with Crippen molar-refractivity contribution in [1.29, 1.82) is 0 Å². The minimum atomic E-state index is -4.08. The highest BCUT2D eigenvalue weighted by Gasteiger charge is 2.24. The summed E-state index contributed by atoms with van der Waals surface area (Å²) < 4.78 is 32.5. The summed E-state index contributed by atoms with van der Waals surface area (Å²) in [5.41, 5.74) is 2.62. The van der Waals surface area contributed by atoms with Crippen molar-refractivity contribution in [2.75, 3.05) is 7.11 Å². The molecule has 0 fully saturated rings. The van der Waals surface area contributed by atoms with E-state index in [4.69, 9.17) is 9.78 Å². The molecule has 0 aliphatic heterocycles. The van der Waals surface area contributed by atoms with Crippen LogP contribution in [0.2, 0.25) is 0 Å². The van der Waals surface area contributed by atoms with Crippen LogP contribution >= 0.6 is 0 Å². The number of nitrogens with zero attached hydrogens (tertiary/aromatic N) is 1.